The minimum absolute atomic E-state index is 0.0691. The zero-order chi connectivity index (χ0) is 22.3. The molecule has 4 nitrogen and oxygen atoms in total. The van der Waals surface area contributed by atoms with Gasteiger partial charge < -0.3 is 14.3 Å². The van der Waals surface area contributed by atoms with E-state index in [0.29, 0.717) is 0 Å². The minimum Gasteiger partial charge on any atom is -0.490 e. The van der Waals surface area contributed by atoms with E-state index in [9.17, 15) is 13.2 Å². The average Bonchev–Trinajstić information content (AvgIpc) is 2.73. The minimum atomic E-state index is -4.41. The summed E-state index contributed by atoms with van der Waals surface area (Å²) in [6.45, 7) is 0.429. The van der Waals surface area contributed by atoms with Gasteiger partial charge in [0.1, 0.15) is 29.2 Å². The van der Waals surface area contributed by atoms with E-state index in [1.54, 1.807) is 6.08 Å². The molecule has 0 heterocycles. The number of alkyl halides is 3. The van der Waals surface area contributed by atoms with Crippen molar-refractivity contribution in [2.75, 3.05) is 19.8 Å². The lowest BCUT2D eigenvalue weighted by Crippen LogP contribution is -2.15. The third-order valence-electron chi connectivity index (χ3n) is 4.54. The molecule has 1 aliphatic rings. The second kappa shape index (κ2) is 10.8. The van der Waals surface area contributed by atoms with Crippen molar-refractivity contribution >= 4 is 28.9 Å². The largest absolute Gasteiger partial charge is 0.490 e. The Morgan fingerprint density at radius 2 is 1.84 bits per heavy atom. The van der Waals surface area contributed by atoms with Gasteiger partial charge in [-0.25, -0.2) is 0 Å². The van der Waals surface area contributed by atoms with Crippen LogP contribution in [-0.2, 0) is 17.4 Å². The summed E-state index contributed by atoms with van der Waals surface area (Å²) in [4.78, 5) is 5.36. The number of hydrogen-bond donors (Lipinski definition) is 0. The summed E-state index contributed by atoms with van der Waals surface area (Å²) in [5.74, 6) is 0.866. The van der Waals surface area contributed by atoms with Crippen molar-refractivity contribution in [3.63, 3.8) is 0 Å². The van der Waals surface area contributed by atoms with Gasteiger partial charge in [-0.3, -0.25) is 0 Å². The highest BCUT2D eigenvalue weighted by Gasteiger charge is 2.30. The standard InChI is InChI=1S/C22H20Cl2F3NO3/c23-21(24)10-11-30-20-9-3-6-17-18(20)7-2-8-19(17)28-31-13-12-29-16-5-1-4-15(14-16)22(25,26)27/h1,3-6,9-10,14H,2,7-8,11-13H2/b28-19+. The van der Waals surface area contributed by atoms with E-state index in [1.165, 1.54) is 12.1 Å². The fourth-order valence-corrected chi connectivity index (χ4v) is 3.29. The molecule has 0 bridgehead atoms. The lowest BCUT2D eigenvalue weighted by molar-refractivity contribution is -0.137. The number of ether oxygens (including phenoxy) is 2. The fraction of sp³-hybridized carbons (Fsp3) is 0.318. The zero-order valence-corrected chi connectivity index (χ0v) is 17.9. The highest BCUT2D eigenvalue weighted by molar-refractivity contribution is 6.55. The van der Waals surface area contributed by atoms with Crippen LogP contribution < -0.4 is 9.47 Å². The Morgan fingerprint density at radius 3 is 2.61 bits per heavy atom. The molecule has 166 valence electrons. The average molecular weight is 474 g/mol. The molecule has 0 atom stereocenters. The molecular formula is C22H20Cl2F3NO3. The van der Waals surface area contributed by atoms with E-state index < -0.39 is 11.7 Å². The van der Waals surface area contributed by atoms with Crippen molar-refractivity contribution in [3.8, 4) is 11.5 Å². The Labute approximate surface area is 188 Å². The Kier molecular flexibility index (Phi) is 8.09. The van der Waals surface area contributed by atoms with Crippen LogP contribution in [0, 0.1) is 0 Å². The van der Waals surface area contributed by atoms with E-state index >= 15 is 0 Å². The first kappa shape index (κ1) is 23.3. The molecule has 0 saturated heterocycles. The van der Waals surface area contributed by atoms with E-state index in [4.69, 9.17) is 37.5 Å². The molecule has 2 aromatic carbocycles. The summed E-state index contributed by atoms with van der Waals surface area (Å²) in [7, 11) is 0. The van der Waals surface area contributed by atoms with Gasteiger partial charge >= 0.3 is 6.18 Å². The van der Waals surface area contributed by atoms with Crippen molar-refractivity contribution in [2.24, 2.45) is 5.16 Å². The van der Waals surface area contributed by atoms with Crippen LogP contribution in [0.25, 0.3) is 0 Å². The Balaban J connectivity index is 1.57. The van der Waals surface area contributed by atoms with Crippen LogP contribution in [-0.4, -0.2) is 25.5 Å². The summed E-state index contributed by atoms with van der Waals surface area (Å²) in [5.41, 5.74) is 2.02. The smallest absolute Gasteiger partial charge is 0.416 e. The molecule has 0 unspecified atom stereocenters. The molecule has 0 fully saturated rings. The SMILES string of the molecule is FC(F)(F)c1cccc(OCCO/N=C2\CCCc3c(OCC=C(Cl)Cl)cccc32)c1. The molecule has 0 aliphatic heterocycles. The quantitative estimate of drug-likeness (QED) is 0.322. The lowest BCUT2D eigenvalue weighted by atomic mass is 9.89. The van der Waals surface area contributed by atoms with Gasteiger partial charge in [0.2, 0.25) is 0 Å². The maximum atomic E-state index is 12.7. The van der Waals surface area contributed by atoms with Gasteiger partial charge in [-0.2, -0.15) is 13.2 Å². The van der Waals surface area contributed by atoms with E-state index in [1.807, 2.05) is 18.2 Å². The summed E-state index contributed by atoms with van der Waals surface area (Å²) >= 11 is 11.2. The number of benzene rings is 2. The summed E-state index contributed by atoms with van der Waals surface area (Å²) in [5, 5.41) is 4.21. The van der Waals surface area contributed by atoms with Crippen molar-refractivity contribution in [2.45, 2.75) is 25.4 Å². The number of oxime groups is 1. The van der Waals surface area contributed by atoms with Crippen LogP contribution in [0.3, 0.4) is 0 Å². The number of nitrogens with zero attached hydrogens (tertiary/aromatic N) is 1. The molecule has 0 radical (unpaired) electrons. The highest BCUT2D eigenvalue weighted by atomic mass is 35.5. The first-order valence-corrected chi connectivity index (χ1v) is 10.4. The molecule has 3 rings (SSSR count). The van der Waals surface area contributed by atoms with E-state index in [2.05, 4.69) is 5.16 Å². The van der Waals surface area contributed by atoms with Crippen LogP contribution in [0.1, 0.15) is 29.5 Å². The van der Waals surface area contributed by atoms with Gasteiger partial charge in [-0.05, 0) is 49.6 Å². The lowest BCUT2D eigenvalue weighted by Gasteiger charge is -2.20. The predicted octanol–water partition coefficient (Wildman–Crippen LogP) is 6.54. The van der Waals surface area contributed by atoms with Crippen LogP contribution in [0.2, 0.25) is 0 Å². The Bertz CT molecular complexity index is 957. The predicted molar refractivity (Wildman–Crippen MR) is 114 cm³/mol. The zero-order valence-electron chi connectivity index (χ0n) is 16.4. The fourth-order valence-electron chi connectivity index (χ4n) is 3.17. The summed E-state index contributed by atoms with van der Waals surface area (Å²) in [6.07, 6.45) is -0.360. The second-order valence-corrected chi connectivity index (χ2v) is 7.69. The van der Waals surface area contributed by atoms with Gasteiger partial charge in [0, 0.05) is 11.1 Å². The van der Waals surface area contributed by atoms with Gasteiger partial charge in [0.15, 0.2) is 6.61 Å². The molecule has 0 saturated carbocycles. The molecular weight excluding hydrogens is 454 g/mol. The van der Waals surface area contributed by atoms with Crippen LogP contribution in [0.15, 0.2) is 58.2 Å². The van der Waals surface area contributed by atoms with Gasteiger partial charge in [-0.1, -0.05) is 46.6 Å². The van der Waals surface area contributed by atoms with Crippen molar-refractivity contribution < 1.29 is 27.5 Å². The third kappa shape index (κ3) is 6.80. The normalized spacial score (nSPS) is 14.7. The Morgan fingerprint density at radius 1 is 1.03 bits per heavy atom. The number of rotatable bonds is 8. The van der Waals surface area contributed by atoms with Gasteiger partial charge in [-0.15, -0.1) is 0 Å². The molecule has 0 amide bonds. The molecule has 0 spiro atoms. The molecule has 0 N–H and O–H groups in total. The van der Waals surface area contributed by atoms with Crippen LogP contribution >= 0.6 is 23.2 Å². The van der Waals surface area contributed by atoms with Crippen LogP contribution in [0.4, 0.5) is 13.2 Å². The van der Waals surface area contributed by atoms with Crippen molar-refractivity contribution in [3.05, 3.63) is 69.7 Å². The maximum Gasteiger partial charge on any atom is 0.416 e. The summed E-state index contributed by atoms with van der Waals surface area (Å²) in [6, 6.07) is 10.4. The van der Waals surface area contributed by atoms with Crippen LogP contribution in [0.5, 0.6) is 11.5 Å². The van der Waals surface area contributed by atoms with E-state index in [0.717, 1.165) is 54.0 Å². The van der Waals surface area contributed by atoms with Gasteiger partial charge in [0.05, 0.1) is 11.3 Å². The first-order valence-electron chi connectivity index (χ1n) is 9.59. The number of fused-ring (bicyclic) bond motifs is 1. The number of hydrogen-bond acceptors (Lipinski definition) is 4. The second-order valence-electron chi connectivity index (χ2n) is 6.69. The molecule has 31 heavy (non-hydrogen) atoms. The number of halogens is 5. The van der Waals surface area contributed by atoms with E-state index in [-0.39, 0.29) is 30.1 Å². The molecule has 1 aliphatic carbocycles. The molecule has 0 aromatic heterocycles. The Hall–Kier alpha value is -2.38. The maximum absolute atomic E-state index is 12.7. The summed E-state index contributed by atoms with van der Waals surface area (Å²) < 4.78 is 49.5. The molecule has 2 aromatic rings. The topological polar surface area (TPSA) is 40.0 Å². The monoisotopic (exact) mass is 473 g/mol. The van der Waals surface area contributed by atoms with Crippen molar-refractivity contribution in [1.29, 1.82) is 0 Å². The highest BCUT2D eigenvalue weighted by Crippen LogP contribution is 2.32. The van der Waals surface area contributed by atoms with Crippen molar-refractivity contribution in [1.82, 2.24) is 0 Å². The van der Waals surface area contributed by atoms with Gasteiger partial charge in [0.25, 0.3) is 0 Å². The molecule has 9 heteroatoms. The first-order chi connectivity index (χ1) is 14.8. The third-order valence-corrected chi connectivity index (χ3v) is 4.85.